The lowest BCUT2D eigenvalue weighted by atomic mass is 9.95. The van der Waals surface area contributed by atoms with Crippen LogP contribution in [-0.4, -0.2) is 51.4 Å². The summed E-state index contributed by atoms with van der Waals surface area (Å²) < 4.78 is 46.6. The van der Waals surface area contributed by atoms with E-state index in [4.69, 9.17) is 9.84 Å². The summed E-state index contributed by atoms with van der Waals surface area (Å²) in [5, 5.41) is 20.8. The van der Waals surface area contributed by atoms with Crippen LogP contribution in [0.5, 0.6) is 5.75 Å². The van der Waals surface area contributed by atoms with Crippen LogP contribution in [0.2, 0.25) is 0 Å². The van der Waals surface area contributed by atoms with Gasteiger partial charge in [-0.25, -0.2) is 4.98 Å². The average Bonchev–Trinajstić information content (AvgIpc) is 3.17. The number of hydrogen-bond acceptors (Lipinski definition) is 6. The van der Waals surface area contributed by atoms with Crippen LogP contribution in [-0.2, 0) is 22.8 Å². The molecular formula is C17H16F3N3O6. The van der Waals surface area contributed by atoms with Crippen LogP contribution >= 0.6 is 0 Å². The number of alkyl halides is 3. The smallest absolute Gasteiger partial charge is 0.433 e. The van der Waals surface area contributed by atoms with Crippen molar-refractivity contribution in [2.45, 2.75) is 18.5 Å². The first-order chi connectivity index (χ1) is 13.5. The Bertz CT molecular complexity index is 1060. The van der Waals surface area contributed by atoms with Gasteiger partial charge in [-0.3, -0.25) is 19.0 Å². The number of carbonyl (C=O) groups excluding carboxylic acids is 1. The number of amides is 1. The maximum absolute atomic E-state index is 13.6. The number of aliphatic carboxylic acids is 1. The Labute approximate surface area is 160 Å². The van der Waals surface area contributed by atoms with E-state index in [1.807, 2.05) is 5.32 Å². The van der Waals surface area contributed by atoms with Gasteiger partial charge in [0.1, 0.15) is 29.2 Å². The molecule has 2 aromatic rings. The minimum absolute atomic E-state index is 0.0365. The van der Waals surface area contributed by atoms with Crippen molar-refractivity contribution in [3.63, 3.8) is 0 Å². The molecule has 1 fully saturated rings. The number of aryl methyl sites for hydroxylation is 1. The second-order valence-electron chi connectivity index (χ2n) is 6.52. The molecule has 156 valence electrons. The Morgan fingerprint density at radius 1 is 1.41 bits per heavy atom. The molecule has 0 spiro atoms. The van der Waals surface area contributed by atoms with E-state index in [0.29, 0.717) is 11.0 Å². The van der Waals surface area contributed by atoms with Crippen molar-refractivity contribution in [3.8, 4) is 5.75 Å². The third-order valence-electron chi connectivity index (χ3n) is 4.63. The lowest BCUT2D eigenvalue weighted by molar-refractivity contribution is -0.142. The number of aromatic nitrogens is 2. The molecule has 1 aliphatic rings. The zero-order valence-electron chi connectivity index (χ0n) is 15.0. The van der Waals surface area contributed by atoms with Gasteiger partial charge in [-0.15, -0.1) is 0 Å². The van der Waals surface area contributed by atoms with Crippen LogP contribution in [0, 0.1) is 0 Å². The molecule has 1 amide bonds. The summed E-state index contributed by atoms with van der Waals surface area (Å²) in [5.74, 6) is -4.04. The molecule has 0 bridgehead atoms. The van der Waals surface area contributed by atoms with Crippen LogP contribution in [0.1, 0.15) is 34.0 Å². The molecule has 0 aliphatic carbocycles. The van der Waals surface area contributed by atoms with E-state index in [2.05, 4.69) is 4.98 Å². The van der Waals surface area contributed by atoms with E-state index in [9.17, 15) is 32.7 Å². The number of carboxylic acids is 1. The highest BCUT2D eigenvalue weighted by atomic mass is 19.4. The summed E-state index contributed by atoms with van der Waals surface area (Å²) in [4.78, 5) is 38.8. The molecule has 2 aromatic heterocycles. The molecule has 1 unspecified atom stereocenters. The lowest BCUT2D eigenvalue weighted by Crippen LogP contribution is -2.35. The van der Waals surface area contributed by atoms with E-state index < -0.39 is 58.7 Å². The first kappa shape index (κ1) is 20.6. The zero-order valence-corrected chi connectivity index (χ0v) is 15.0. The SMILES string of the molecule is Cn1c(=O)c(C(=O)NCC(=O)O)c(O)c2cc(C3CCOC3)c(C(F)(F)F)nc21. The Hall–Kier alpha value is -3.15. The van der Waals surface area contributed by atoms with Crippen molar-refractivity contribution >= 4 is 22.9 Å². The second-order valence-corrected chi connectivity index (χ2v) is 6.52. The fourth-order valence-corrected chi connectivity index (χ4v) is 3.22. The molecule has 12 heteroatoms. The minimum atomic E-state index is -4.81. The number of nitrogens with zero attached hydrogens (tertiary/aromatic N) is 2. The van der Waals surface area contributed by atoms with Crippen molar-refractivity contribution in [2.75, 3.05) is 19.8 Å². The van der Waals surface area contributed by atoms with E-state index >= 15 is 0 Å². The Kier molecular flexibility index (Phi) is 5.22. The van der Waals surface area contributed by atoms with Gasteiger partial charge < -0.3 is 20.3 Å². The van der Waals surface area contributed by atoms with Gasteiger partial charge >= 0.3 is 12.1 Å². The number of fused-ring (bicyclic) bond motifs is 1. The molecule has 0 aromatic carbocycles. The molecular weight excluding hydrogens is 399 g/mol. The third kappa shape index (κ3) is 3.75. The van der Waals surface area contributed by atoms with Gasteiger partial charge in [0.2, 0.25) is 0 Å². The largest absolute Gasteiger partial charge is 0.506 e. The molecule has 1 atom stereocenters. The zero-order chi connectivity index (χ0) is 21.5. The third-order valence-corrected chi connectivity index (χ3v) is 4.63. The fourth-order valence-electron chi connectivity index (χ4n) is 3.22. The normalized spacial score (nSPS) is 16.9. The first-order valence-corrected chi connectivity index (χ1v) is 8.44. The molecule has 9 nitrogen and oxygen atoms in total. The van der Waals surface area contributed by atoms with Crippen LogP contribution in [0.3, 0.4) is 0 Å². The minimum Gasteiger partial charge on any atom is -0.506 e. The van der Waals surface area contributed by atoms with Crippen molar-refractivity contribution in [2.24, 2.45) is 7.05 Å². The van der Waals surface area contributed by atoms with Crippen LogP contribution in [0.25, 0.3) is 11.0 Å². The van der Waals surface area contributed by atoms with E-state index in [0.717, 1.165) is 13.1 Å². The summed E-state index contributed by atoms with van der Waals surface area (Å²) in [6.45, 7) is -0.508. The molecule has 3 heterocycles. The number of halogens is 3. The van der Waals surface area contributed by atoms with Gasteiger partial charge in [-0.1, -0.05) is 0 Å². The number of rotatable bonds is 4. The molecule has 1 saturated heterocycles. The maximum Gasteiger partial charge on any atom is 0.433 e. The summed E-state index contributed by atoms with van der Waals surface area (Å²) in [6.07, 6.45) is -4.50. The highest BCUT2D eigenvalue weighted by Gasteiger charge is 2.39. The number of carboxylic acid groups (broad SMARTS) is 1. The van der Waals surface area contributed by atoms with E-state index in [-0.39, 0.29) is 24.2 Å². The summed E-state index contributed by atoms with van der Waals surface area (Å²) in [5.41, 5.74) is -3.77. The number of aromatic hydroxyl groups is 1. The molecule has 0 radical (unpaired) electrons. The van der Waals surface area contributed by atoms with Crippen molar-refractivity contribution < 1.29 is 37.7 Å². The average molecular weight is 415 g/mol. The Morgan fingerprint density at radius 2 is 2.10 bits per heavy atom. The second kappa shape index (κ2) is 7.35. The number of nitrogens with one attached hydrogen (secondary N) is 1. The van der Waals surface area contributed by atoms with Gasteiger partial charge in [0.05, 0.1) is 12.0 Å². The van der Waals surface area contributed by atoms with Gasteiger partial charge in [0.25, 0.3) is 11.5 Å². The van der Waals surface area contributed by atoms with Gasteiger partial charge in [-0.05, 0) is 18.1 Å². The van der Waals surface area contributed by atoms with E-state index in [1.165, 1.54) is 0 Å². The topological polar surface area (TPSA) is 131 Å². The summed E-state index contributed by atoms with van der Waals surface area (Å²) >= 11 is 0. The first-order valence-electron chi connectivity index (χ1n) is 8.44. The highest BCUT2D eigenvalue weighted by Crippen LogP contribution is 2.39. The maximum atomic E-state index is 13.6. The van der Waals surface area contributed by atoms with Crippen LogP contribution < -0.4 is 10.9 Å². The standard InChI is InChI=1S/C17H16F3N3O6/c1-23-14-9(12(26)11(16(23)28)15(27)21-5-10(24)25)4-8(7-2-3-29-6-7)13(22-14)17(18,19)20/h4,7,26H,2-3,5-6H2,1H3,(H,21,27)(H,24,25). The molecule has 3 N–H and O–H groups in total. The van der Waals surface area contributed by atoms with Gasteiger partial charge in [0.15, 0.2) is 0 Å². The monoisotopic (exact) mass is 415 g/mol. The highest BCUT2D eigenvalue weighted by molar-refractivity contribution is 6.02. The Balaban J connectivity index is 2.27. The number of carbonyl (C=O) groups is 2. The number of pyridine rings is 2. The number of hydrogen-bond donors (Lipinski definition) is 3. The number of ether oxygens (including phenoxy) is 1. The fraction of sp³-hybridized carbons (Fsp3) is 0.412. The van der Waals surface area contributed by atoms with Crippen LogP contribution in [0.15, 0.2) is 10.9 Å². The van der Waals surface area contributed by atoms with Crippen molar-refractivity contribution in [1.29, 1.82) is 0 Å². The molecule has 3 rings (SSSR count). The van der Waals surface area contributed by atoms with Crippen molar-refractivity contribution in [1.82, 2.24) is 14.9 Å². The van der Waals surface area contributed by atoms with Crippen molar-refractivity contribution in [3.05, 3.63) is 33.2 Å². The summed E-state index contributed by atoms with van der Waals surface area (Å²) in [7, 11) is 1.10. The predicted octanol–water partition coefficient (Wildman–Crippen LogP) is 0.976. The molecule has 1 aliphatic heterocycles. The lowest BCUT2D eigenvalue weighted by Gasteiger charge is -2.19. The van der Waals surface area contributed by atoms with Crippen LogP contribution in [0.4, 0.5) is 13.2 Å². The Morgan fingerprint density at radius 3 is 2.66 bits per heavy atom. The molecule has 0 saturated carbocycles. The quantitative estimate of drug-likeness (QED) is 0.678. The molecule has 29 heavy (non-hydrogen) atoms. The van der Waals surface area contributed by atoms with E-state index in [1.54, 1.807) is 0 Å². The predicted molar refractivity (Wildman–Crippen MR) is 91.8 cm³/mol. The van der Waals surface area contributed by atoms with Gasteiger partial charge in [-0.2, -0.15) is 13.2 Å². The summed E-state index contributed by atoms with van der Waals surface area (Å²) in [6, 6.07) is 1.05. The van der Waals surface area contributed by atoms with Gasteiger partial charge in [0, 0.05) is 19.6 Å².